The van der Waals surface area contributed by atoms with E-state index in [-0.39, 0.29) is 17.7 Å². The summed E-state index contributed by atoms with van der Waals surface area (Å²) in [5.41, 5.74) is 2.54. The molecule has 3 aromatic rings. The lowest BCUT2D eigenvalue weighted by Crippen LogP contribution is -2.45. The molecule has 2 heterocycles. The summed E-state index contributed by atoms with van der Waals surface area (Å²) in [6.45, 7) is 2.17. The Morgan fingerprint density at radius 1 is 1.16 bits per heavy atom. The predicted molar refractivity (Wildman–Crippen MR) is 146 cm³/mol. The Morgan fingerprint density at radius 2 is 1.89 bits per heavy atom. The highest BCUT2D eigenvalue weighted by atomic mass is 16.6. The fourth-order valence-corrected chi connectivity index (χ4v) is 4.23. The number of ether oxygens (including phenoxy) is 1. The standard InChI is InChI=1S/C26H32N8O4/c1-30(2)11-12-31(3)21-14-23(38-5)20(13-22(21)34(36)37)28-25-27-15-19-17-33(16-18-9-7-6-8-10-18)26(35)32(4)24(19)29-25/h6-10,13-15H,11-12,16-17H2,1-5H3,(H,27,28,29). The number of urea groups is 1. The van der Waals surface area contributed by atoms with E-state index in [4.69, 9.17) is 4.74 Å². The number of amides is 2. The van der Waals surface area contributed by atoms with Gasteiger partial charge in [0, 0.05) is 57.6 Å². The molecule has 12 nitrogen and oxygen atoms in total. The van der Waals surface area contributed by atoms with E-state index in [1.165, 1.54) is 18.1 Å². The lowest BCUT2D eigenvalue weighted by Gasteiger charge is -2.34. The van der Waals surface area contributed by atoms with E-state index in [1.54, 1.807) is 31.3 Å². The van der Waals surface area contributed by atoms with Gasteiger partial charge in [-0.3, -0.25) is 15.0 Å². The summed E-state index contributed by atoms with van der Waals surface area (Å²) >= 11 is 0. The second kappa shape index (κ2) is 11.3. The largest absolute Gasteiger partial charge is 0.494 e. The van der Waals surface area contributed by atoms with E-state index in [0.717, 1.165) is 17.7 Å². The van der Waals surface area contributed by atoms with Crippen molar-refractivity contribution in [3.05, 3.63) is 69.9 Å². The SMILES string of the molecule is COc1cc(N(C)CCN(C)C)c([N+](=O)[O-])cc1Nc1ncc2c(n1)N(C)C(=O)N(Cc1ccccc1)C2. The number of methoxy groups -OCH3 is 1. The summed E-state index contributed by atoms with van der Waals surface area (Å²) in [5.74, 6) is 1.08. The third kappa shape index (κ3) is 5.75. The molecule has 12 heteroatoms. The van der Waals surface area contributed by atoms with Crippen LogP contribution in [-0.4, -0.2) is 79.1 Å². The van der Waals surface area contributed by atoms with E-state index < -0.39 is 4.92 Å². The first-order chi connectivity index (χ1) is 18.2. The number of carbonyl (C=O) groups is 1. The van der Waals surface area contributed by atoms with Crippen LogP contribution in [0.2, 0.25) is 0 Å². The van der Waals surface area contributed by atoms with Crippen molar-refractivity contribution in [3.63, 3.8) is 0 Å². The van der Waals surface area contributed by atoms with Gasteiger partial charge in [-0.05, 0) is 19.7 Å². The fourth-order valence-electron chi connectivity index (χ4n) is 4.23. The van der Waals surface area contributed by atoms with Crippen LogP contribution in [0, 0.1) is 10.1 Å². The first kappa shape index (κ1) is 26.6. The number of nitrogens with zero attached hydrogens (tertiary/aromatic N) is 7. The smallest absolute Gasteiger partial charge is 0.326 e. The summed E-state index contributed by atoms with van der Waals surface area (Å²) in [6.07, 6.45) is 1.66. The number of hydrogen-bond donors (Lipinski definition) is 1. The van der Waals surface area contributed by atoms with Gasteiger partial charge in [-0.25, -0.2) is 9.78 Å². The Morgan fingerprint density at radius 3 is 2.55 bits per heavy atom. The zero-order chi connectivity index (χ0) is 27.4. The molecule has 0 bridgehead atoms. The number of nitro groups is 1. The topological polar surface area (TPSA) is 120 Å². The Labute approximate surface area is 221 Å². The second-order valence-corrected chi connectivity index (χ2v) is 9.37. The van der Waals surface area contributed by atoms with Crippen LogP contribution in [0.5, 0.6) is 5.75 Å². The van der Waals surface area contributed by atoms with Crippen molar-refractivity contribution in [2.75, 3.05) is 63.5 Å². The number of anilines is 4. The minimum absolute atomic E-state index is 0.0728. The molecule has 1 aromatic heterocycles. The highest BCUT2D eigenvalue weighted by Crippen LogP contribution is 2.39. The zero-order valence-corrected chi connectivity index (χ0v) is 22.2. The molecule has 0 saturated heterocycles. The van der Waals surface area contributed by atoms with E-state index in [9.17, 15) is 14.9 Å². The fraction of sp³-hybridized carbons (Fsp3) is 0.346. The number of carbonyl (C=O) groups excluding carboxylic acids is 1. The number of nitrogens with one attached hydrogen (secondary N) is 1. The Balaban J connectivity index is 1.60. The van der Waals surface area contributed by atoms with Crippen LogP contribution in [0.4, 0.5) is 33.6 Å². The summed E-state index contributed by atoms with van der Waals surface area (Å²) in [5, 5.41) is 15.0. The predicted octanol–water partition coefficient (Wildman–Crippen LogP) is 3.71. The number of aromatic nitrogens is 2. The molecule has 4 rings (SSSR count). The molecule has 1 N–H and O–H groups in total. The lowest BCUT2D eigenvalue weighted by molar-refractivity contribution is -0.384. The number of fused-ring (bicyclic) bond motifs is 1. The van der Waals surface area contributed by atoms with Gasteiger partial charge in [0.1, 0.15) is 17.3 Å². The number of benzene rings is 2. The van der Waals surface area contributed by atoms with Crippen molar-refractivity contribution in [1.29, 1.82) is 0 Å². The molecular weight excluding hydrogens is 488 g/mol. The van der Waals surface area contributed by atoms with Gasteiger partial charge in [-0.1, -0.05) is 30.3 Å². The molecule has 0 saturated carbocycles. The summed E-state index contributed by atoms with van der Waals surface area (Å²) < 4.78 is 5.54. The molecule has 2 amide bonds. The molecule has 38 heavy (non-hydrogen) atoms. The van der Waals surface area contributed by atoms with Crippen LogP contribution in [-0.2, 0) is 13.1 Å². The maximum atomic E-state index is 13.0. The van der Waals surface area contributed by atoms with Gasteiger partial charge in [-0.2, -0.15) is 4.98 Å². The van der Waals surface area contributed by atoms with Gasteiger partial charge in [0.15, 0.2) is 0 Å². The van der Waals surface area contributed by atoms with Crippen LogP contribution in [0.25, 0.3) is 0 Å². The van der Waals surface area contributed by atoms with Crippen molar-refractivity contribution in [3.8, 4) is 5.75 Å². The molecule has 200 valence electrons. The van der Waals surface area contributed by atoms with Crippen LogP contribution in [0.1, 0.15) is 11.1 Å². The second-order valence-electron chi connectivity index (χ2n) is 9.37. The molecule has 1 aliphatic heterocycles. The van der Waals surface area contributed by atoms with Gasteiger partial charge < -0.3 is 24.8 Å². The summed E-state index contributed by atoms with van der Waals surface area (Å²) in [6, 6.07) is 12.6. The number of likely N-dealkylation sites (N-methyl/N-ethyl adjacent to an activating group) is 2. The number of nitro benzene ring substituents is 1. The van der Waals surface area contributed by atoms with E-state index >= 15 is 0 Å². The average molecular weight is 521 g/mol. The quantitative estimate of drug-likeness (QED) is 0.315. The zero-order valence-electron chi connectivity index (χ0n) is 22.2. The van der Waals surface area contributed by atoms with Gasteiger partial charge in [0.2, 0.25) is 5.95 Å². The first-order valence-corrected chi connectivity index (χ1v) is 12.1. The van der Waals surface area contributed by atoms with Crippen molar-refractivity contribution in [1.82, 2.24) is 19.8 Å². The van der Waals surface area contributed by atoms with Crippen LogP contribution in [0.15, 0.2) is 48.7 Å². The molecule has 0 atom stereocenters. The van der Waals surface area contributed by atoms with Crippen molar-refractivity contribution >= 4 is 34.9 Å². The molecule has 0 unspecified atom stereocenters. The van der Waals surface area contributed by atoms with Gasteiger partial charge in [0.25, 0.3) is 5.69 Å². The maximum Gasteiger partial charge on any atom is 0.326 e. The highest BCUT2D eigenvalue weighted by Gasteiger charge is 2.30. The molecule has 0 aliphatic carbocycles. The molecule has 0 fully saturated rings. The van der Waals surface area contributed by atoms with Crippen molar-refractivity contribution < 1.29 is 14.5 Å². The van der Waals surface area contributed by atoms with Crippen molar-refractivity contribution in [2.45, 2.75) is 13.1 Å². The minimum atomic E-state index is -0.423. The Hall–Kier alpha value is -4.45. The summed E-state index contributed by atoms with van der Waals surface area (Å²) in [7, 11) is 8.86. The molecule has 0 spiro atoms. The third-order valence-corrected chi connectivity index (χ3v) is 6.33. The monoisotopic (exact) mass is 520 g/mol. The van der Waals surface area contributed by atoms with Crippen LogP contribution in [0.3, 0.4) is 0 Å². The van der Waals surface area contributed by atoms with E-state index in [0.29, 0.717) is 42.6 Å². The Kier molecular flexibility index (Phi) is 7.91. The van der Waals surface area contributed by atoms with Gasteiger partial charge in [-0.15, -0.1) is 0 Å². The van der Waals surface area contributed by atoms with E-state index in [2.05, 4.69) is 15.3 Å². The summed E-state index contributed by atoms with van der Waals surface area (Å²) in [4.78, 5) is 40.6. The molecule has 2 aromatic carbocycles. The molecular formula is C26H32N8O4. The van der Waals surface area contributed by atoms with Crippen LogP contribution < -0.4 is 19.9 Å². The molecule has 1 aliphatic rings. The molecule has 0 radical (unpaired) electrons. The van der Waals surface area contributed by atoms with Gasteiger partial charge in [0.05, 0.1) is 24.3 Å². The lowest BCUT2D eigenvalue weighted by atomic mass is 10.1. The van der Waals surface area contributed by atoms with Gasteiger partial charge >= 0.3 is 6.03 Å². The normalized spacial score (nSPS) is 12.9. The average Bonchev–Trinajstić information content (AvgIpc) is 2.90. The minimum Gasteiger partial charge on any atom is -0.494 e. The van der Waals surface area contributed by atoms with Crippen molar-refractivity contribution in [2.24, 2.45) is 0 Å². The maximum absolute atomic E-state index is 13.0. The first-order valence-electron chi connectivity index (χ1n) is 12.1. The highest BCUT2D eigenvalue weighted by molar-refractivity contribution is 5.93. The van der Waals surface area contributed by atoms with E-state index in [1.807, 2.05) is 54.2 Å². The Bertz CT molecular complexity index is 1320. The van der Waals surface area contributed by atoms with Crippen LogP contribution >= 0.6 is 0 Å². The number of rotatable bonds is 10. The number of hydrogen-bond acceptors (Lipinski definition) is 9. The third-order valence-electron chi connectivity index (χ3n) is 6.33.